The second-order valence-electron chi connectivity index (χ2n) is 4.42. The number of nitrogens with zero attached hydrogens (tertiary/aromatic N) is 3. The first-order valence-electron chi connectivity index (χ1n) is 6.31. The predicted molar refractivity (Wildman–Crippen MR) is 72.1 cm³/mol. The summed E-state index contributed by atoms with van der Waals surface area (Å²) < 4.78 is 6.82. The Bertz CT molecular complexity index is 565. The molecule has 0 aliphatic rings. The molecule has 102 valence electrons. The molecule has 0 unspecified atom stereocenters. The van der Waals surface area contributed by atoms with Gasteiger partial charge in [0.25, 0.3) is 5.69 Å². The number of non-ortho nitro benzene ring substituents is 1. The van der Waals surface area contributed by atoms with Crippen molar-refractivity contribution < 1.29 is 9.66 Å². The van der Waals surface area contributed by atoms with E-state index in [1.807, 2.05) is 4.68 Å². The molecule has 0 atom stereocenters. The van der Waals surface area contributed by atoms with E-state index in [0.29, 0.717) is 0 Å². The van der Waals surface area contributed by atoms with Gasteiger partial charge in [-0.1, -0.05) is 0 Å². The van der Waals surface area contributed by atoms with Gasteiger partial charge in [-0.15, -0.1) is 0 Å². The molecule has 0 aliphatic carbocycles. The second kappa shape index (κ2) is 6.29. The van der Waals surface area contributed by atoms with Crippen molar-refractivity contribution in [1.29, 1.82) is 0 Å². The number of unbranched alkanes of at least 4 members (excludes halogenated alkanes) is 2. The highest BCUT2D eigenvalue weighted by Gasteiger charge is 2.09. The van der Waals surface area contributed by atoms with Gasteiger partial charge in [-0.05, 0) is 25.3 Å². The molecule has 6 nitrogen and oxygen atoms in total. The van der Waals surface area contributed by atoms with Gasteiger partial charge < -0.3 is 4.74 Å². The van der Waals surface area contributed by atoms with Crippen molar-refractivity contribution in [2.24, 2.45) is 0 Å². The van der Waals surface area contributed by atoms with Crippen LogP contribution in [0.15, 0.2) is 24.4 Å². The normalized spacial score (nSPS) is 11.0. The SMILES string of the molecule is COCCCCCn1ncc2ccc([N+](=O)[O-])cc21. The highest BCUT2D eigenvalue weighted by atomic mass is 16.6. The molecule has 0 saturated carbocycles. The van der Waals surface area contributed by atoms with Gasteiger partial charge >= 0.3 is 0 Å². The van der Waals surface area contributed by atoms with Crippen LogP contribution < -0.4 is 0 Å². The average Bonchev–Trinajstić information content (AvgIpc) is 2.81. The molecule has 0 radical (unpaired) electrons. The fourth-order valence-electron chi connectivity index (χ4n) is 2.04. The molecule has 0 fully saturated rings. The second-order valence-corrected chi connectivity index (χ2v) is 4.42. The lowest BCUT2D eigenvalue weighted by Gasteiger charge is -2.03. The Balaban J connectivity index is 2.06. The molecule has 0 spiro atoms. The van der Waals surface area contributed by atoms with Crippen LogP contribution in [-0.2, 0) is 11.3 Å². The van der Waals surface area contributed by atoms with Crippen LogP contribution in [0.2, 0.25) is 0 Å². The van der Waals surface area contributed by atoms with Crippen molar-refractivity contribution in [3.05, 3.63) is 34.5 Å². The number of hydrogen-bond donors (Lipinski definition) is 0. The molecule has 19 heavy (non-hydrogen) atoms. The summed E-state index contributed by atoms with van der Waals surface area (Å²) in [7, 11) is 1.69. The van der Waals surface area contributed by atoms with E-state index < -0.39 is 0 Å². The highest BCUT2D eigenvalue weighted by molar-refractivity contribution is 5.80. The van der Waals surface area contributed by atoms with Gasteiger partial charge in [0.15, 0.2) is 0 Å². The summed E-state index contributed by atoms with van der Waals surface area (Å²) in [6.07, 6.45) is 4.82. The zero-order valence-corrected chi connectivity index (χ0v) is 10.9. The summed E-state index contributed by atoms with van der Waals surface area (Å²) in [5.74, 6) is 0. The topological polar surface area (TPSA) is 70.2 Å². The minimum atomic E-state index is -0.380. The number of fused-ring (bicyclic) bond motifs is 1. The maximum atomic E-state index is 10.8. The lowest BCUT2D eigenvalue weighted by Crippen LogP contribution is -2.01. The van der Waals surface area contributed by atoms with Crippen molar-refractivity contribution in [2.75, 3.05) is 13.7 Å². The Morgan fingerprint density at radius 1 is 1.37 bits per heavy atom. The van der Waals surface area contributed by atoms with Crippen LogP contribution >= 0.6 is 0 Å². The molecule has 0 amide bonds. The summed E-state index contributed by atoms with van der Waals surface area (Å²) >= 11 is 0. The van der Waals surface area contributed by atoms with Crippen LogP contribution in [0.3, 0.4) is 0 Å². The minimum Gasteiger partial charge on any atom is -0.385 e. The van der Waals surface area contributed by atoms with E-state index in [2.05, 4.69) is 5.10 Å². The number of aromatic nitrogens is 2. The zero-order valence-electron chi connectivity index (χ0n) is 10.9. The summed E-state index contributed by atoms with van der Waals surface area (Å²) in [6, 6.07) is 4.83. The van der Waals surface area contributed by atoms with Crippen molar-refractivity contribution >= 4 is 16.6 Å². The van der Waals surface area contributed by atoms with Gasteiger partial charge in [0.1, 0.15) is 0 Å². The van der Waals surface area contributed by atoms with Crippen molar-refractivity contribution in [3.8, 4) is 0 Å². The number of ether oxygens (including phenoxy) is 1. The molecule has 0 bridgehead atoms. The van der Waals surface area contributed by atoms with Gasteiger partial charge in [-0.3, -0.25) is 14.8 Å². The molecular formula is C13H17N3O3. The molecule has 6 heteroatoms. The lowest BCUT2D eigenvalue weighted by atomic mass is 10.2. The van der Waals surface area contributed by atoms with Crippen LogP contribution in [0.25, 0.3) is 10.9 Å². The Hall–Kier alpha value is -1.95. The maximum absolute atomic E-state index is 10.8. The Kier molecular flexibility index (Phi) is 4.46. The number of benzene rings is 1. The van der Waals surface area contributed by atoms with Gasteiger partial charge in [0.05, 0.1) is 16.6 Å². The summed E-state index contributed by atoms with van der Waals surface area (Å²) in [5.41, 5.74) is 0.926. The minimum absolute atomic E-state index is 0.105. The predicted octanol–water partition coefficient (Wildman–Crippen LogP) is 2.76. The zero-order chi connectivity index (χ0) is 13.7. The smallest absolute Gasteiger partial charge is 0.271 e. The number of methoxy groups -OCH3 is 1. The van der Waals surface area contributed by atoms with Gasteiger partial charge in [0, 0.05) is 37.8 Å². The Morgan fingerprint density at radius 3 is 2.95 bits per heavy atom. The van der Waals surface area contributed by atoms with E-state index >= 15 is 0 Å². The van der Waals surface area contributed by atoms with Crippen LogP contribution in [0, 0.1) is 10.1 Å². The van der Waals surface area contributed by atoms with Crippen molar-refractivity contribution in [2.45, 2.75) is 25.8 Å². The number of hydrogen-bond acceptors (Lipinski definition) is 4. The first kappa shape index (κ1) is 13.5. The lowest BCUT2D eigenvalue weighted by molar-refractivity contribution is -0.384. The molecule has 2 rings (SSSR count). The van der Waals surface area contributed by atoms with Crippen LogP contribution in [0.1, 0.15) is 19.3 Å². The molecule has 0 saturated heterocycles. The molecule has 1 aromatic carbocycles. The summed E-state index contributed by atoms with van der Waals surface area (Å²) in [6.45, 7) is 1.54. The fourth-order valence-corrected chi connectivity index (χ4v) is 2.04. The Morgan fingerprint density at radius 2 is 2.21 bits per heavy atom. The molecule has 1 aromatic heterocycles. The first-order valence-corrected chi connectivity index (χ1v) is 6.31. The van der Waals surface area contributed by atoms with E-state index in [1.165, 1.54) is 6.07 Å². The van der Waals surface area contributed by atoms with E-state index in [0.717, 1.165) is 43.3 Å². The third kappa shape index (κ3) is 3.29. The van der Waals surface area contributed by atoms with Crippen LogP contribution in [0.5, 0.6) is 0 Å². The van der Waals surface area contributed by atoms with Crippen molar-refractivity contribution in [1.82, 2.24) is 9.78 Å². The molecule has 0 N–H and O–H groups in total. The summed E-state index contributed by atoms with van der Waals surface area (Å²) in [4.78, 5) is 10.4. The first-order chi connectivity index (χ1) is 9.22. The van der Waals surface area contributed by atoms with E-state index in [9.17, 15) is 10.1 Å². The standard InChI is InChI=1S/C13H17N3O3/c1-19-8-4-2-3-7-15-13-9-12(16(17)18)6-5-11(13)10-14-15/h5-6,9-10H,2-4,7-8H2,1H3. The highest BCUT2D eigenvalue weighted by Crippen LogP contribution is 2.20. The van der Waals surface area contributed by atoms with Crippen LogP contribution in [0.4, 0.5) is 5.69 Å². The van der Waals surface area contributed by atoms with E-state index in [4.69, 9.17) is 4.74 Å². The van der Waals surface area contributed by atoms with Crippen molar-refractivity contribution in [3.63, 3.8) is 0 Å². The third-order valence-electron chi connectivity index (χ3n) is 3.06. The van der Waals surface area contributed by atoms with Gasteiger partial charge in [0.2, 0.25) is 0 Å². The largest absolute Gasteiger partial charge is 0.385 e. The summed E-state index contributed by atoms with van der Waals surface area (Å²) in [5, 5.41) is 16.0. The number of aryl methyl sites for hydroxylation is 1. The number of rotatable bonds is 7. The molecule has 2 aromatic rings. The maximum Gasteiger partial charge on any atom is 0.271 e. The number of nitro benzene ring substituents is 1. The van der Waals surface area contributed by atoms with Crippen LogP contribution in [-0.4, -0.2) is 28.4 Å². The monoisotopic (exact) mass is 263 g/mol. The molecule has 1 heterocycles. The average molecular weight is 263 g/mol. The van der Waals surface area contributed by atoms with Gasteiger partial charge in [-0.2, -0.15) is 5.10 Å². The fraction of sp³-hybridized carbons (Fsp3) is 0.462. The third-order valence-corrected chi connectivity index (χ3v) is 3.06. The van der Waals surface area contributed by atoms with Gasteiger partial charge in [-0.25, -0.2) is 0 Å². The Labute approximate surface area is 111 Å². The van der Waals surface area contributed by atoms with E-state index in [1.54, 1.807) is 25.4 Å². The molecule has 0 aliphatic heterocycles. The number of nitro groups is 1. The van der Waals surface area contributed by atoms with E-state index in [-0.39, 0.29) is 10.6 Å². The molecular weight excluding hydrogens is 246 g/mol. The quantitative estimate of drug-likeness (QED) is 0.437.